The van der Waals surface area contributed by atoms with Gasteiger partial charge >= 0.3 is 0 Å². The predicted molar refractivity (Wildman–Crippen MR) is 114 cm³/mol. The van der Waals surface area contributed by atoms with Crippen molar-refractivity contribution >= 4 is 61.7 Å². The molecular formula is C21H17BrClNOS. The highest BCUT2D eigenvalue weighted by atomic mass is 79.9. The van der Waals surface area contributed by atoms with E-state index in [-0.39, 0.29) is 11.9 Å². The molecule has 0 radical (unpaired) electrons. The number of hydrogen-bond donors (Lipinski definition) is 0. The van der Waals surface area contributed by atoms with Gasteiger partial charge in [-0.1, -0.05) is 57.9 Å². The molecule has 1 aliphatic rings. The molecule has 1 amide bonds. The summed E-state index contributed by atoms with van der Waals surface area (Å²) in [6, 6.07) is 18.3. The minimum absolute atomic E-state index is 0.135. The summed E-state index contributed by atoms with van der Waals surface area (Å²) in [4.78, 5) is 15.9. The summed E-state index contributed by atoms with van der Waals surface area (Å²) >= 11 is 11.6. The maximum absolute atomic E-state index is 12.9. The highest BCUT2D eigenvalue weighted by Gasteiger charge is 2.30. The first-order valence-electron chi connectivity index (χ1n) is 8.46. The smallest absolute Gasteiger partial charge is 0.237 e. The summed E-state index contributed by atoms with van der Waals surface area (Å²) in [5, 5.41) is 2.77. The fourth-order valence-electron chi connectivity index (χ4n) is 3.57. The lowest BCUT2D eigenvalue weighted by molar-refractivity contribution is -0.116. The number of thioether (sulfide) groups is 1. The van der Waals surface area contributed by atoms with E-state index >= 15 is 0 Å². The van der Waals surface area contributed by atoms with Gasteiger partial charge in [0.2, 0.25) is 5.91 Å². The van der Waals surface area contributed by atoms with E-state index < -0.39 is 0 Å². The Balaban J connectivity index is 1.60. The van der Waals surface area contributed by atoms with E-state index in [4.69, 9.17) is 11.6 Å². The number of carbonyl (C=O) groups is 1. The Morgan fingerprint density at radius 3 is 2.85 bits per heavy atom. The number of carbonyl (C=O) groups excluding carboxylic acids is 1. The Kier molecular flexibility index (Phi) is 5.00. The quantitative estimate of drug-likeness (QED) is 0.438. The van der Waals surface area contributed by atoms with Crippen LogP contribution in [-0.2, 0) is 11.2 Å². The van der Waals surface area contributed by atoms with E-state index in [1.54, 1.807) is 11.8 Å². The fourth-order valence-corrected chi connectivity index (χ4v) is 5.31. The molecule has 1 heterocycles. The van der Waals surface area contributed by atoms with Gasteiger partial charge in [-0.25, -0.2) is 0 Å². The SMILES string of the molecule is C[C@@H]1Cc2ccccc2N1C(=O)CSc1ccc(Br)c2cccc(Cl)c12. The Bertz CT molecular complexity index is 1010. The van der Waals surface area contributed by atoms with Crippen LogP contribution in [0.4, 0.5) is 5.69 Å². The molecule has 3 aromatic rings. The van der Waals surface area contributed by atoms with Crippen molar-refractivity contribution in [1.82, 2.24) is 0 Å². The maximum atomic E-state index is 12.9. The second-order valence-electron chi connectivity index (χ2n) is 6.44. The zero-order chi connectivity index (χ0) is 18.3. The predicted octanol–water partition coefficient (Wildman–Crippen LogP) is 6.33. The van der Waals surface area contributed by atoms with Gasteiger partial charge in [0, 0.05) is 31.5 Å². The van der Waals surface area contributed by atoms with Crippen LogP contribution in [0.1, 0.15) is 12.5 Å². The molecule has 0 bridgehead atoms. The molecule has 0 fully saturated rings. The zero-order valence-electron chi connectivity index (χ0n) is 14.2. The lowest BCUT2D eigenvalue weighted by Gasteiger charge is -2.22. The standard InChI is InChI=1S/C21H17BrClNOS/c1-13-11-14-5-2-3-8-18(14)24(13)20(25)12-26-19-10-9-16(22)15-6-4-7-17(23)21(15)19/h2-10,13H,11-12H2,1H3/t13-/m1/s1. The van der Waals surface area contributed by atoms with Crippen LogP contribution in [0.25, 0.3) is 10.8 Å². The number of para-hydroxylation sites is 1. The van der Waals surface area contributed by atoms with Crippen LogP contribution in [0.3, 0.4) is 0 Å². The third-order valence-electron chi connectivity index (χ3n) is 4.73. The van der Waals surface area contributed by atoms with Gasteiger partial charge in [0.05, 0.1) is 5.75 Å². The zero-order valence-corrected chi connectivity index (χ0v) is 17.4. The second-order valence-corrected chi connectivity index (χ2v) is 8.72. The van der Waals surface area contributed by atoms with E-state index in [1.165, 1.54) is 5.56 Å². The number of benzene rings is 3. The average molecular weight is 447 g/mol. The van der Waals surface area contributed by atoms with Crippen molar-refractivity contribution in [1.29, 1.82) is 0 Å². The minimum atomic E-state index is 0.135. The normalized spacial score (nSPS) is 16.1. The largest absolute Gasteiger partial charge is 0.308 e. The molecular weight excluding hydrogens is 430 g/mol. The summed E-state index contributed by atoms with van der Waals surface area (Å²) < 4.78 is 1.01. The highest BCUT2D eigenvalue weighted by molar-refractivity contribution is 9.10. The number of rotatable bonds is 3. The molecule has 0 aromatic heterocycles. The van der Waals surface area contributed by atoms with Crippen LogP contribution in [0.15, 0.2) is 64.0 Å². The third-order valence-corrected chi connectivity index (χ3v) is 6.77. The van der Waals surface area contributed by atoms with Gasteiger partial charge in [0.25, 0.3) is 0 Å². The van der Waals surface area contributed by atoms with Crippen molar-refractivity contribution in [3.05, 3.63) is 69.7 Å². The average Bonchev–Trinajstić information content (AvgIpc) is 2.97. The second kappa shape index (κ2) is 7.26. The van der Waals surface area contributed by atoms with Crippen LogP contribution >= 0.6 is 39.3 Å². The van der Waals surface area contributed by atoms with Crippen molar-refractivity contribution in [2.45, 2.75) is 24.3 Å². The van der Waals surface area contributed by atoms with Crippen molar-refractivity contribution < 1.29 is 4.79 Å². The van der Waals surface area contributed by atoms with Gasteiger partial charge < -0.3 is 4.90 Å². The van der Waals surface area contributed by atoms with E-state index in [2.05, 4.69) is 28.9 Å². The molecule has 5 heteroatoms. The molecule has 0 unspecified atom stereocenters. The van der Waals surface area contributed by atoms with Crippen molar-refractivity contribution in [2.24, 2.45) is 0 Å². The number of hydrogen-bond acceptors (Lipinski definition) is 2. The summed E-state index contributed by atoms with van der Waals surface area (Å²) in [6.07, 6.45) is 0.916. The summed E-state index contributed by atoms with van der Waals surface area (Å²) in [5.74, 6) is 0.524. The lowest BCUT2D eigenvalue weighted by Crippen LogP contribution is -2.36. The summed E-state index contributed by atoms with van der Waals surface area (Å²) in [6.45, 7) is 2.11. The van der Waals surface area contributed by atoms with E-state index in [1.807, 2.05) is 53.4 Å². The molecule has 1 aliphatic heterocycles. The van der Waals surface area contributed by atoms with Crippen molar-refractivity contribution in [3.63, 3.8) is 0 Å². The number of halogens is 2. The van der Waals surface area contributed by atoms with Crippen LogP contribution in [0, 0.1) is 0 Å². The molecule has 0 aliphatic carbocycles. The number of fused-ring (bicyclic) bond motifs is 2. The van der Waals surface area contributed by atoms with Crippen LogP contribution in [0.2, 0.25) is 5.02 Å². The number of anilines is 1. The molecule has 1 atom stereocenters. The Morgan fingerprint density at radius 2 is 2.00 bits per heavy atom. The van der Waals surface area contributed by atoms with Gasteiger partial charge in [-0.3, -0.25) is 4.79 Å². The van der Waals surface area contributed by atoms with Crippen molar-refractivity contribution in [2.75, 3.05) is 10.7 Å². The lowest BCUT2D eigenvalue weighted by atomic mass is 10.1. The maximum Gasteiger partial charge on any atom is 0.237 e. The molecule has 132 valence electrons. The van der Waals surface area contributed by atoms with E-state index in [0.29, 0.717) is 10.8 Å². The van der Waals surface area contributed by atoms with E-state index in [9.17, 15) is 4.79 Å². The van der Waals surface area contributed by atoms with Crippen LogP contribution in [-0.4, -0.2) is 17.7 Å². The fraction of sp³-hybridized carbons (Fsp3) is 0.190. The monoisotopic (exact) mass is 445 g/mol. The topological polar surface area (TPSA) is 20.3 Å². The van der Waals surface area contributed by atoms with Gasteiger partial charge in [-0.2, -0.15) is 0 Å². The first kappa shape index (κ1) is 17.9. The molecule has 0 saturated carbocycles. The summed E-state index contributed by atoms with van der Waals surface area (Å²) in [7, 11) is 0. The number of nitrogens with zero attached hydrogens (tertiary/aromatic N) is 1. The molecule has 3 aromatic carbocycles. The van der Waals surface area contributed by atoms with Gasteiger partial charge in [0.1, 0.15) is 0 Å². The first-order valence-corrected chi connectivity index (χ1v) is 10.6. The molecule has 0 spiro atoms. The Labute approximate surface area is 170 Å². The van der Waals surface area contributed by atoms with Gasteiger partial charge in [-0.15, -0.1) is 11.8 Å². The van der Waals surface area contributed by atoms with E-state index in [0.717, 1.165) is 32.2 Å². The summed E-state index contributed by atoms with van der Waals surface area (Å²) in [5.41, 5.74) is 2.29. The minimum Gasteiger partial charge on any atom is -0.308 e. The molecule has 26 heavy (non-hydrogen) atoms. The van der Waals surface area contributed by atoms with Gasteiger partial charge in [-0.05, 0) is 48.6 Å². The van der Waals surface area contributed by atoms with Gasteiger partial charge in [0.15, 0.2) is 0 Å². The highest BCUT2D eigenvalue weighted by Crippen LogP contribution is 2.38. The molecule has 0 saturated heterocycles. The Hall–Kier alpha value is -1.49. The number of amides is 1. The third kappa shape index (κ3) is 3.15. The molecule has 4 rings (SSSR count). The van der Waals surface area contributed by atoms with Crippen LogP contribution in [0.5, 0.6) is 0 Å². The molecule has 0 N–H and O–H groups in total. The molecule has 2 nitrogen and oxygen atoms in total. The van der Waals surface area contributed by atoms with Crippen molar-refractivity contribution in [3.8, 4) is 0 Å². The van der Waals surface area contributed by atoms with Crippen LogP contribution < -0.4 is 4.90 Å². The first-order chi connectivity index (χ1) is 12.6. The Morgan fingerprint density at radius 1 is 1.19 bits per heavy atom.